The first kappa shape index (κ1) is 29.3. The Kier molecular flexibility index (Phi) is 7.64. The number of carbonyl (C=O) groups excluding carboxylic acids is 1. The van der Waals surface area contributed by atoms with Crippen molar-refractivity contribution < 1.29 is 13.9 Å². The Hall–Kier alpha value is -3.45. The minimum atomic E-state index is -0.629. The van der Waals surface area contributed by atoms with Gasteiger partial charge in [-0.15, -0.1) is 0 Å². The monoisotopic (exact) mass is 596 g/mol. The van der Waals surface area contributed by atoms with Crippen molar-refractivity contribution in [1.82, 2.24) is 15.1 Å². The number of halogens is 1. The fourth-order valence-electron chi connectivity index (χ4n) is 8.24. The molecule has 2 aliphatic heterocycles. The van der Waals surface area contributed by atoms with Crippen LogP contribution in [-0.4, -0.2) is 51.9 Å². The number of nitrogens with one attached hydrogen (secondary N) is 1. The molecule has 4 fully saturated rings. The summed E-state index contributed by atoms with van der Waals surface area (Å²) in [7, 11) is 0. The van der Waals surface area contributed by atoms with Crippen molar-refractivity contribution in [3.05, 3.63) is 89.4 Å². The maximum Gasteiger partial charge on any atom is 0.328 e. The third kappa shape index (κ3) is 5.60. The van der Waals surface area contributed by atoms with Crippen LogP contribution < -0.4 is 10.1 Å². The molecule has 2 saturated heterocycles. The van der Waals surface area contributed by atoms with Gasteiger partial charge in [0.05, 0.1) is 12.1 Å². The van der Waals surface area contributed by atoms with Crippen molar-refractivity contribution in [3.8, 4) is 5.75 Å². The van der Waals surface area contributed by atoms with Crippen LogP contribution in [-0.2, 0) is 6.54 Å². The lowest BCUT2D eigenvalue weighted by Crippen LogP contribution is -2.58. The molecule has 0 radical (unpaired) electrons. The summed E-state index contributed by atoms with van der Waals surface area (Å²) in [5.74, 6) is 1.85. The zero-order chi connectivity index (χ0) is 30.5. The highest BCUT2D eigenvalue weighted by Gasteiger charge is 2.57. The number of hydrogen-bond acceptors (Lipinski definition) is 4. The van der Waals surface area contributed by atoms with Gasteiger partial charge < -0.3 is 4.74 Å². The Morgan fingerprint density at radius 1 is 1.07 bits per heavy atom. The van der Waals surface area contributed by atoms with E-state index in [1.807, 2.05) is 30.9 Å². The summed E-state index contributed by atoms with van der Waals surface area (Å²) < 4.78 is 20.6. The van der Waals surface area contributed by atoms with Crippen molar-refractivity contribution in [2.75, 3.05) is 6.54 Å². The van der Waals surface area contributed by atoms with Crippen LogP contribution in [0.25, 0.3) is 0 Å². The van der Waals surface area contributed by atoms with E-state index < -0.39 is 5.54 Å². The number of benzene rings is 2. The summed E-state index contributed by atoms with van der Waals surface area (Å²) in [5, 5.41) is 3.24. The zero-order valence-electron chi connectivity index (χ0n) is 26.3. The maximum atomic E-state index is 14.6. The predicted octanol–water partition coefficient (Wildman–Crippen LogP) is 7.88. The lowest BCUT2D eigenvalue weighted by atomic mass is 9.80. The molecule has 0 aromatic heterocycles. The highest BCUT2D eigenvalue weighted by atomic mass is 19.1. The van der Waals surface area contributed by atoms with Gasteiger partial charge in [0.1, 0.15) is 23.0 Å². The first-order valence-electron chi connectivity index (χ1n) is 16.5. The third-order valence-electron chi connectivity index (χ3n) is 10.6. The molecule has 7 rings (SSSR count). The summed E-state index contributed by atoms with van der Waals surface area (Å²) in [5.41, 5.74) is 2.99. The molecule has 2 heterocycles. The number of rotatable bonds is 7. The van der Waals surface area contributed by atoms with Crippen LogP contribution >= 0.6 is 0 Å². The van der Waals surface area contributed by atoms with Crippen LogP contribution in [0.2, 0.25) is 0 Å². The molecule has 0 bridgehead atoms. The maximum absolute atomic E-state index is 14.6. The second kappa shape index (κ2) is 11.5. The van der Waals surface area contributed by atoms with E-state index in [2.05, 4.69) is 65.7 Å². The van der Waals surface area contributed by atoms with Crippen molar-refractivity contribution in [2.24, 2.45) is 10.4 Å². The lowest BCUT2D eigenvalue weighted by Gasteiger charge is -2.47. The number of hydrogen-bond donors (Lipinski definition) is 1. The van der Waals surface area contributed by atoms with Gasteiger partial charge >= 0.3 is 6.03 Å². The quantitative estimate of drug-likeness (QED) is 0.354. The largest absolute Gasteiger partial charge is 0.491 e. The van der Waals surface area contributed by atoms with E-state index in [4.69, 9.17) is 9.73 Å². The van der Waals surface area contributed by atoms with Gasteiger partial charge in [-0.05, 0) is 100 Å². The number of ether oxygens (including phenoxy) is 1. The second-order valence-electron chi connectivity index (χ2n) is 14.1. The molecule has 2 saturated carbocycles. The molecule has 6 nitrogen and oxygen atoms in total. The Labute approximate surface area is 261 Å². The Morgan fingerprint density at radius 3 is 2.61 bits per heavy atom. The van der Waals surface area contributed by atoms with E-state index in [1.54, 1.807) is 6.08 Å². The number of piperidine rings is 1. The first-order valence-corrected chi connectivity index (χ1v) is 16.5. The molecule has 7 heteroatoms. The average Bonchev–Trinajstić information content (AvgIpc) is 3.57. The molecule has 44 heavy (non-hydrogen) atoms. The number of amides is 2. The van der Waals surface area contributed by atoms with Gasteiger partial charge in [0, 0.05) is 37.2 Å². The van der Waals surface area contributed by atoms with Gasteiger partial charge in [-0.1, -0.05) is 48.5 Å². The normalized spacial score (nSPS) is 30.7. The van der Waals surface area contributed by atoms with Crippen LogP contribution in [0.3, 0.4) is 0 Å². The van der Waals surface area contributed by atoms with E-state index in [0.29, 0.717) is 29.9 Å². The highest BCUT2D eigenvalue weighted by Crippen LogP contribution is 2.62. The van der Waals surface area contributed by atoms with Crippen molar-refractivity contribution in [1.29, 1.82) is 0 Å². The number of urea groups is 1. The predicted molar refractivity (Wildman–Crippen MR) is 172 cm³/mol. The van der Waals surface area contributed by atoms with E-state index >= 15 is 0 Å². The van der Waals surface area contributed by atoms with Gasteiger partial charge in [0.15, 0.2) is 0 Å². The standard InChI is InChI=1S/C37H45FN4O2/c1-25(2)44-31-14-7-9-27(19-31)24-41-18-17-37(21-26(41)3)34(40-35(43)42(37)30-13-8-12-29(38)20-30)39-33-23-36(15-16-36)22-32(33)28-10-5-4-6-11-28/h4-7,9-11,13-14,19-20,25-26,32-33H,8,12,15-18,21-24H2,1-3H3,(H,39,40,43)/t26-,32+,33-,37+/m0/s1. The number of aliphatic imine (C=N–C) groups is 1. The molecule has 1 N–H and O–H groups in total. The Bertz CT molecular complexity index is 1500. The van der Waals surface area contributed by atoms with Crippen LogP contribution in [0.15, 0.2) is 83.3 Å². The van der Waals surface area contributed by atoms with Crippen LogP contribution in [0.1, 0.15) is 89.2 Å². The Balaban J connectivity index is 1.21. The smallest absolute Gasteiger partial charge is 0.328 e. The van der Waals surface area contributed by atoms with E-state index in [0.717, 1.165) is 50.4 Å². The SMILES string of the molecule is CC(C)Oc1cccc(CN2CC[C@@]3(C[C@@H]2C)C(=N[C@H]2CC4(CC4)C[C@@H]2c2ccccc2)NC(=O)N3C2=CCCC(F)=C2)c1. The number of likely N-dealkylation sites (tertiary alicyclic amines) is 1. The van der Waals surface area contributed by atoms with Crippen LogP contribution in [0.4, 0.5) is 9.18 Å². The fourth-order valence-corrected chi connectivity index (χ4v) is 8.24. The number of nitrogens with zero attached hydrogens (tertiary/aromatic N) is 3. The summed E-state index contributed by atoms with van der Waals surface area (Å²) in [6.45, 7) is 7.94. The van der Waals surface area contributed by atoms with Gasteiger partial charge in [-0.2, -0.15) is 0 Å². The molecule has 2 amide bonds. The molecule has 232 valence electrons. The molecular formula is C37H45FN4O2. The lowest BCUT2D eigenvalue weighted by molar-refractivity contribution is 0.0764. The Morgan fingerprint density at radius 2 is 1.89 bits per heavy atom. The van der Waals surface area contributed by atoms with E-state index in [9.17, 15) is 9.18 Å². The van der Waals surface area contributed by atoms with Crippen LogP contribution in [0, 0.1) is 5.41 Å². The topological polar surface area (TPSA) is 57.2 Å². The van der Waals surface area contributed by atoms with Crippen molar-refractivity contribution in [3.63, 3.8) is 0 Å². The van der Waals surface area contributed by atoms with Gasteiger partial charge in [0.2, 0.25) is 0 Å². The second-order valence-corrected chi connectivity index (χ2v) is 14.1. The summed E-state index contributed by atoms with van der Waals surface area (Å²) in [4.78, 5) is 23.7. The average molecular weight is 597 g/mol. The van der Waals surface area contributed by atoms with Crippen molar-refractivity contribution >= 4 is 11.9 Å². The van der Waals surface area contributed by atoms with Gasteiger partial charge in [-0.25, -0.2) is 9.18 Å². The molecule has 3 aliphatic carbocycles. The molecule has 2 aromatic carbocycles. The molecule has 0 unspecified atom stereocenters. The summed E-state index contributed by atoms with van der Waals surface area (Å²) >= 11 is 0. The zero-order valence-corrected chi connectivity index (χ0v) is 26.3. The number of allylic oxidation sites excluding steroid dienone is 3. The molecular weight excluding hydrogens is 551 g/mol. The van der Waals surface area contributed by atoms with Crippen LogP contribution in [0.5, 0.6) is 5.75 Å². The summed E-state index contributed by atoms with van der Waals surface area (Å²) in [6.07, 6.45) is 10.9. The molecule has 2 spiro atoms. The summed E-state index contributed by atoms with van der Waals surface area (Å²) in [6, 6.07) is 19.3. The molecule has 4 atom stereocenters. The molecule has 5 aliphatic rings. The van der Waals surface area contributed by atoms with Crippen molar-refractivity contribution in [2.45, 2.75) is 108 Å². The third-order valence-corrected chi connectivity index (χ3v) is 10.6. The molecule has 2 aromatic rings. The van der Waals surface area contributed by atoms with E-state index in [-0.39, 0.29) is 30.0 Å². The highest BCUT2D eigenvalue weighted by molar-refractivity contribution is 6.11. The number of amidine groups is 1. The van der Waals surface area contributed by atoms with Gasteiger partial charge in [-0.3, -0.25) is 20.1 Å². The minimum absolute atomic E-state index is 0.122. The fraction of sp³-hybridized carbons (Fsp3) is 0.514. The van der Waals surface area contributed by atoms with Gasteiger partial charge in [0.25, 0.3) is 0 Å². The number of carbonyl (C=O) groups is 1. The first-order chi connectivity index (χ1) is 21.2. The van der Waals surface area contributed by atoms with E-state index in [1.165, 1.54) is 24.0 Å². The minimum Gasteiger partial charge on any atom is -0.491 e.